The molecule has 0 aliphatic carbocycles. The van der Waals surface area contributed by atoms with Gasteiger partial charge in [-0.2, -0.15) is 0 Å². The predicted octanol–water partition coefficient (Wildman–Crippen LogP) is 3.71. The predicted molar refractivity (Wildman–Crippen MR) is 67.6 cm³/mol. The Balaban J connectivity index is 2.43. The molecule has 1 atom stereocenters. The molecule has 3 heteroatoms. The minimum Gasteiger partial charge on any atom is -0.459 e. The molecular formula is C14H20O3. The fourth-order valence-electron chi connectivity index (χ4n) is 0.993. The standard InChI is InChI=1S/C14H20O3/c1-11(12(2)16-17-14(3,4)5)15-13-9-7-6-8-10-13/h6-10,12H,1H2,2-5H3. The molecule has 0 saturated carbocycles. The first-order valence-electron chi connectivity index (χ1n) is 5.65. The van der Waals surface area contributed by atoms with Gasteiger partial charge in [0.25, 0.3) is 0 Å². The molecule has 17 heavy (non-hydrogen) atoms. The molecule has 0 aliphatic heterocycles. The van der Waals surface area contributed by atoms with E-state index in [2.05, 4.69) is 6.58 Å². The Hall–Kier alpha value is -1.32. The van der Waals surface area contributed by atoms with Crippen LogP contribution in [0.3, 0.4) is 0 Å². The van der Waals surface area contributed by atoms with Crippen molar-refractivity contribution in [1.29, 1.82) is 0 Å². The SMILES string of the molecule is C=C(Oc1ccccc1)C(C)OOC(C)(C)C. The molecule has 0 amide bonds. The Morgan fingerprint density at radius 2 is 1.76 bits per heavy atom. The third-order valence-corrected chi connectivity index (χ3v) is 1.89. The Labute approximate surface area is 103 Å². The summed E-state index contributed by atoms with van der Waals surface area (Å²) >= 11 is 0. The van der Waals surface area contributed by atoms with Crippen molar-refractivity contribution in [2.24, 2.45) is 0 Å². The fraction of sp³-hybridized carbons (Fsp3) is 0.429. The molecule has 1 rings (SSSR count). The summed E-state index contributed by atoms with van der Waals surface area (Å²) in [6.45, 7) is 11.4. The first-order chi connectivity index (χ1) is 7.88. The van der Waals surface area contributed by atoms with Gasteiger partial charge in [-0.1, -0.05) is 24.8 Å². The van der Waals surface area contributed by atoms with Crippen molar-refractivity contribution in [3.63, 3.8) is 0 Å². The highest BCUT2D eigenvalue weighted by atomic mass is 17.2. The zero-order chi connectivity index (χ0) is 12.9. The second kappa shape index (κ2) is 5.84. The zero-order valence-electron chi connectivity index (χ0n) is 10.9. The van der Waals surface area contributed by atoms with E-state index in [4.69, 9.17) is 14.5 Å². The Morgan fingerprint density at radius 3 is 2.29 bits per heavy atom. The average molecular weight is 236 g/mol. The van der Waals surface area contributed by atoms with E-state index in [1.807, 2.05) is 58.0 Å². The lowest BCUT2D eigenvalue weighted by Gasteiger charge is -2.22. The molecule has 0 aliphatic rings. The number of hydrogen-bond acceptors (Lipinski definition) is 3. The molecule has 94 valence electrons. The summed E-state index contributed by atoms with van der Waals surface area (Å²) in [7, 11) is 0. The molecule has 0 aromatic heterocycles. The van der Waals surface area contributed by atoms with Gasteiger partial charge in [-0.3, -0.25) is 0 Å². The minimum atomic E-state index is -0.346. The third kappa shape index (κ3) is 5.52. The van der Waals surface area contributed by atoms with Crippen LogP contribution in [-0.4, -0.2) is 11.7 Å². The summed E-state index contributed by atoms with van der Waals surface area (Å²) in [6, 6.07) is 9.46. The van der Waals surface area contributed by atoms with E-state index >= 15 is 0 Å². The van der Waals surface area contributed by atoms with Gasteiger partial charge >= 0.3 is 0 Å². The molecule has 0 radical (unpaired) electrons. The maximum absolute atomic E-state index is 5.54. The van der Waals surface area contributed by atoms with Crippen molar-refractivity contribution in [2.75, 3.05) is 0 Å². The normalized spacial score (nSPS) is 13.2. The van der Waals surface area contributed by atoms with Gasteiger partial charge in [0.15, 0.2) is 0 Å². The second-order valence-corrected chi connectivity index (χ2v) is 4.82. The lowest BCUT2D eigenvalue weighted by molar-refractivity contribution is -0.366. The monoisotopic (exact) mass is 236 g/mol. The van der Waals surface area contributed by atoms with E-state index in [-0.39, 0.29) is 11.7 Å². The smallest absolute Gasteiger partial charge is 0.147 e. The van der Waals surface area contributed by atoms with Gasteiger partial charge in [-0.15, -0.1) is 0 Å². The molecule has 0 N–H and O–H groups in total. The van der Waals surface area contributed by atoms with E-state index in [1.54, 1.807) is 0 Å². The van der Waals surface area contributed by atoms with Crippen molar-refractivity contribution >= 4 is 0 Å². The van der Waals surface area contributed by atoms with Crippen LogP contribution in [0, 0.1) is 0 Å². The number of ether oxygens (including phenoxy) is 1. The second-order valence-electron chi connectivity index (χ2n) is 4.82. The van der Waals surface area contributed by atoms with Gasteiger partial charge in [-0.25, -0.2) is 9.78 Å². The Kier molecular flexibility index (Phi) is 4.73. The first-order valence-corrected chi connectivity index (χ1v) is 5.65. The quantitative estimate of drug-likeness (QED) is 0.443. The van der Waals surface area contributed by atoms with Crippen LogP contribution in [0.4, 0.5) is 0 Å². The maximum atomic E-state index is 5.54. The minimum absolute atomic E-state index is 0.325. The third-order valence-electron chi connectivity index (χ3n) is 1.89. The summed E-state index contributed by atoms with van der Waals surface area (Å²) in [5.41, 5.74) is -0.346. The van der Waals surface area contributed by atoms with Crippen LogP contribution in [0.2, 0.25) is 0 Å². The zero-order valence-corrected chi connectivity index (χ0v) is 10.9. The van der Waals surface area contributed by atoms with Crippen LogP contribution < -0.4 is 4.74 Å². The van der Waals surface area contributed by atoms with Crippen LogP contribution in [-0.2, 0) is 9.78 Å². The number of benzene rings is 1. The molecule has 0 spiro atoms. The fourth-order valence-corrected chi connectivity index (χ4v) is 0.993. The molecule has 3 nitrogen and oxygen atoms in total. The molecule has 0 bridgehead atoms. The van der Waals surface area contributed by atoms with Gasteiger partial charge in [-0.05, 0) is 39.8 Å². The van der Waals surface area contributed by atoms with Crippen molar-refractivity contribution in [3.05, 3.63) is 42.7 Å². The van der Waals surface area contributed by atoms with E-state index < -0.39 is 0 Å². The molecule has 0 saturated heterocycles. The molecule has 0 heterocycles. The van der Waals surface area contributed by atoms with Crippen LogP contribution in [0.1, 0.15) is 27.7 Å². The van der Waals surface area contributed by atoms with Crippen LogP contribution in [0.5, 0.6) is 5.75 Å². The Bertz CT molecular complexity index is 351. The van der Waals surface area contributed by atoms with E-state index in [1.165, 1.54) is 0 Å². The molecule has 1 aromatic carbocycles. The maximum Gasteiger partial charge on any atom is 0.147 e. The highest BCUT2D eigenvalue weighted by molar-refractivity contribution is 5.23. The summed E-state index contributed by atoms with van der Waals surface area (Å²) in [4.78, 5) is 10.4. The Morgan fingerprint density at radius 1 is 1.18 bits per heavy atom. The number of hydrogen-bond donors (Lipinski definition) is 0. The highest BCUT2D eigenvalue weighted by Crippen LogP contribution is 2.17. The largest absolute Gasteiger partial charge is 0.459 e. The summed E-state index contributed by atoms with van der Waals surface area (Å²) < 4.78 is 5.54. The topological polar surface area (TPSA) is 27.7 Å². The number of rotatable bonds is 5. The van der Waals surface area contributed by atoms with Gasteiger partial charge in [0.2, 0.25) is 0 Å². The molecule has 0 fully saturated rings. The van der Waals surface area contributed by atoms with Crippen molar-refractivity contribution in [3.8, 4) is 5.75 Å². The van der Waals surface area contributed by atoms with E-state index in [0.717, 1.165) is 5.75 Å². The van der Waals surface area contributed by atoms with E-state index in [9.17, 15) is 0 Å². The highest BCUT2D eigenvalue weighted by Gasteiger charge is 2.17. The van der Waals surface area contributed by atoms with Crippen molar-refractivity contribution in [2.45, 2.75) is 39.4 Å². The van der Waals surface area contributed by atoms with E-state index in [0.29, 0.717) is 5.76 Å². The molecule has 1 aromatic rings. The van der Waals surface area contributed by atoms with Crippen molar-refractivity contribution < 1.29 is 14.5 Å². The van der Waals surface area contributed by atoms with Crippen LogP contribution >= 0.6 is 0 Å². The summed E-state index contributed by atoms with van der Waals surface area (Å²) in [5.74, 6) is 1.25. The first kappa shape index (κ1) is 13.7. The molecular weight excluding hydrogens is 216 g/mol. The lowest BCUT2D eigenvalue weighted by atomic mass is 10.2. The summed E-state index contributed by atoms with van der Waals surface area (Å²) in [6.07, 6.45) is -0.325. The number of para-hydroxylation sites is 1. The van der Waals surface area contributed by atoms with Gasteiger partial charge in [0.1, 0.15) is 17.6 Å². The summed E-state index contributed by atoms with van der Waals surface area (Å²) in [5, 5.41) is 0. The van der Waals surface area contributed by atoms with Crippen molar-refractivity contribution in [1.82, 2.24) is 0 Å². The van der Waals surface area contributed by atoms with Gasteiger partial charge < -0.3 is 4.74 Å². The van der Waals surface area contributed by atoms with Gasteiger partial charge in [0.05, 0.1) is 5.60 Å². The lowest BCUT2D eigenvalue weighted by Crippen LogP contribution is -2.24. The molecule has 1 unspecified atom stereocenters. The van der Waals surface area contributed by atoms with Crippen LogP contribution in [0.25, 0.3) is 0 Å². The van der Waals surface area contributed by atoms with Gasteiger partial charge in [0, 0.05) is 0 Å². The average Bonchev–Trinajstić information content (AvgIpc) is 2.26. The van der Waals surface area contributed by atoms with Crippen LogP contribution in [0.15, 0.2) is 42.7 Å².